The molecule has 1 N–H and O–H groups in total. The number of nitrogens with one attached hydrogen (secondary N) is 1. The van der Waals surface area contributed by atoms with E-state index in [-0.39, 0.29) is 24.8 Å². The van der Waals surface area contributed by atoms with Crippen molar-refractivity contribution in [1.82, 2.24) is 20.2 Å². The molecule has 0 radical (unpaired) electrons. The molecule has 156 valence electrons. The average Bonchev–Trinajstić information content (AvgIpc) is 3.37. The van der Waals surface area contributed by atoms with Gasteiger partial charge in [0, 0.05) is 57.2 Å². The molecule has 7 heteroatoms. The van der Waals surface area contributed by atoms with Crippen molar-refractivity contribution in [2.24, 2.45) is 5.92 Å². The van der Waals surface area contributed by atoms with Crippen molar-refractivity contribution in [3.8, 4) is 0 Å². The summed E-state index contributed by atoms with van der Waals surface area (Å²) in [5.74, 6) is 3.17. The van der Waals surface area contributed by atoms with E-state index in [0.717, 1.165) is 63.7 Å². The number of nitrogens with zero attached hydrogens (tertiary/aromatic N) is 4. The number of anilines is 1. The fraction of sp³-hybridized carbons (Fsp3) is 0.714. The molecule has 1 atom stereocenters. The van der Waals surface area contributed by atoms with Crippen LogP contribution < -0.4 is 10.2 Å². The highest BCUT2D eigenvalue weighted by molar-refractivity contribution is 5.85. The summed E-state index contributed by atoms with van der Waals surface area (Å²) in [6.07, 6.45) is 13.2. The van der Waals surface area contributed by atoms with Crippen LogP contribution in [0, 0.1) is 5.92 Å². The Hall–Kier alpha value is -0.880. The standard InChI is InChI=1S/C21H31N5.2ClH/c1-2-11-26(10-1)21-18-7-12-25(17-4-3-9-22-15-17)13-8-19(18)23-20(24-21)14-16-5-6-16;;/h1-2,16-17,22H,3-15H2;2*1H. The second-order valence-electron chi connectivity index (χ2n) is 8.45. The van der Waals surface area contributed by atoms with E-state index in [0.29, 0.717) is 6.04 Å². The quantitative estimate of drug-likeness (QED) is 0.751. The zero-order chi connectivity index (χ0) is 17.3. The Balaban J connectivity index is 0.00000112. The summed E-state index contributed by atoms with van der Waals surface area (Å²) in [7, 11) is 0. The highest BCUT2D eigenvalue weighted by Gasteiger charge is 2.29. The van der Waals surface area contributed by atoms with Crippen LogP contribution in [0.15, 0.2) is 12.2 Å². The molecule has 1 saturated heterocycles. The topological polar surface area (TPSA) is 44.3 Å². The summed E-state index contributed by atoms with van der Waals surface area (Å²) in [5.41, 5.74) is 2.77. The Labute approximate surface area is 181 Å². The fourth-order valence-corrected chi connectivity index (χ4v) is 4.74. The van der Waals surface area contributed by atoms with Crippen molar-refractivity contribution in [2.45, 2.75) is 51.0 Å². The van der Waals surface area contributed by atoms with E-state index in [4.69, 9.17) is 9.97 Å². The molecule has 2 fully saturated rings. The van der Waals surface area contributed by atoms with Gasteiger partial charge in [-0.05, 0) is 44.6 Å². The summed E-state index contributed by atoms with van der Waals surface area (Å²) < 4.78 is 0. The minimum absolute atomic E-state index is 0. The van der Waals surface area contributed by atoms with Gasteiger partial charge in [0.1, 0.15) is 11.6 Å². The maximum absolute atomic E-state index is 5.07. The molecule has 0 aromatic carbocycles. The predicted molar refractivity (Wildman–Crippen MR) is 119 cm³/mol. The lowest BCUT2D eigenvalue weighted by atomic mass is 10.1. The third kappa shape index (κ3) is 4.81. The molecule has 4 heterocycles. The monoisotopic (exact) mass is 425 g/mol. The number of hydrogen-bond acceptors (Lipinski definition) is 5. The fourth-order valence-electron chi connectivity index (χ4n) is 4.74. The van der Waals surface area contributed by atoms with E-state index in [9.17, 15) is 0 Å². The number of rotatable bonds is 4. The van der Waals surface area contributed by atoms with Gasteiger partial charge >= 0.3 is 0 Å². The number of aromatic nitrogens is 2. The summed E-state index contributed by atoms with van der Waals surface area (Å²) in [5, 5.41) is 3.58. The van der Waals surface area contributed by atoms with Crippen LogP contribution in [-0.4, -0.2) is 60.2 Å². The van der Waals surface area contributed by atoms with Crippen molar-refractivity contribution in [3.63, 3.8) is 0 Å². The molecule has 0 spiro atoms. The summed E-state index contributed by atoms with van der Waals surface area (Å²) in [6, 6.07) is 0.703. The highest BCUT2D eigenvalue weighted by atomic mass is 35.5. The largest absolute Gasteiger partial charge is 0.349 e. The van der Waals surface area contributed by atoms with Gasteiger partial charge in [-0.25, -0.2) is 9.97 Å². The minimum Gasteiger partial charge on any atom is -0.349 e. The summed E-state index contributed by atoms with van der Waals surface area (Å²) >= 11 is 0. The van der Waals surface area contributed by atoms with Crippen LogP contribution in [0.5, 0.6) is 0 Å². The van der Waals surface area contributed by atoms with Crippen molar-refractivity contribution < 1.29 is 0 Å². The van der Waals surface area contributed by atoms with Crippen LogP contribution in [0.3, 0.4) is 0 Å². The number of fused-ring (bicyclic) bond motifs is 1. The lowest BCUT2D eigenvalue weighted by Gasteiger charge is -2.33. The second-order valence-corrected chi connectivity index (χ2v) is 8.45. The molecule has 1 aromatic rings. The van der Waals surface area contributed by atoms with Gasteiger partial charge in [0.2, 0.25) is 0 Å². The normalized spacial score (nSPS) is 24.9. The van der Waals surface area contributed by atoms with Crippen molar-refractivity contribution in [2.75, 3.05) is 44.2 Å². The zero-order valence-electron chi connectivity index (χ0n) is 16.6. The first kappa shape index (κ1) is 21.8. The molecule has 5 rings (SSSR count). The highest BCUT2D eigenvalue weighted by Crippen LogP contribution is 2.33. The predicted octanol–water partition coefficient (Wildman–Crippen LogP) is 2.80. The Morgan fingerprint density at radius 2 is 1.79 bits per heavy atom. The first-order valence-corrected chi connectivity index (χ1v) is 10.6. The van der Waals surface area contributed by atoms with Gasteiger partial charge in [0.05, 0.1) is 5.69 Å². The van der Waals surface area contributed by atoms with Crippen LogP contribution in [0.2, 0.25) is 0 Å². The minimum atomic E-state index is 0. The summed E-state index contributed by atoms with van der Waals surface area (Å²) in [6.45, 7) is 6.64. The van der Waals surface area contributed by atoms with Gasteiger partial charge in [-0.3, -0.25) is 4.90 Å². The molecular formula is C21H33Cl2N5. The second kappa shape index (κ2) is 9.75. The van der Waals surface area contributed by atoms with Crippen LogP contribution in [0.1, 0.15) is 42.8 Å². The smallest absolute Gasteiger partial charge is 0.136 e. The molecule has 28 heavy (non-hydrogen) atoms. The maximum atomic E-state index is 5.07. The van der Waals surface area contributed by atoms with Gasteiger partial charge in [0.15, 0.2) is 0 Å². The molecule has 1 saturated carbocycles. The van der Waals surface area contributed by atoms with E-state index in [1.54, 1.807) is 0 Å². The Bertz CT molecular complexity index is 678. The van der Waals surface area contributed by atoms with Crippen LogP contribution >= 0.6 is 24.8 Å². The Kier molecular flexibility index (Phi) is 7.60. The van der Waals surface area contributed by atoms with E-state index >= 15 is 0 Å². The van der Waals surface area contributed by atoms with Crippen molar-refractivity contribution in [3.05, 3.63) is 29.2 Å². The third-order valence-corrected chi connectivity index (χ3v) is 6.48. The number of hydrogen-bond donors (Lipinski definition) is 1. The third-order valence-electron chi connectivity index (χ3n) is 6.48. The molecule has 1 unspecified atom stereocenters. The SMILES string of the molecule is C1=CCN(c2nc(CC3CC3)nc3c2CCN(C2CCCNC2)CC3)C1.Cl.Cl. The molecular weight excluding hydrogens is 393 g/mol. The molecule has 0 amide bonds. The molecule has 5 nitrogen and oxygen atoms in total. The molecule has 3 aliphatic heterocycles. The lowest BCUT2D eigenvalue weighted by molar-refractivity contribution is 0.173. The Morgan fingerprint density at radius 1 is 1.00 bits per heavy atom. The van der Waals surface area contributed by atoms with E-state index in [1.165, 1.54) is 49.3 Å². The molecule has 4 aliphatic rings. The van der Waals surface area contributed by atoms with Crippen LogP contribution in [-0.2, 0) is 19.3 Å². The van der Waals surface area contributed by atoms with Gasteiger partial charge in [-0.1, -0.05) is 12.2 Å². The van der Waals surface area contributed by atoms with Crippen molar-refractivity contribution >= 4 is 30.6 Å². The first-order valence-electron chi connectivity index (χ1n) is 10.6. The summed E-state index contributed by atoms with van der Waals surface area (Å²) in [4.78, 5) is 15.3. The van der Waals surface area contributed by atoms with Crippen LogP contribution in [0.4, 0.5) is 5.82 Å². The van der Waals surface area contributed by atoms with Crippen molar-refractivity contribution in [1.29, 1.82) is 0 Å². The number of piperidine rings is 1. The molecule has 1 aliphatic carbocycles. The van der Waals surface area contributed by atoms with Gasteiger partial charge in [-0.15, -0.1) is 24.8 Å². The molecule has 1 aromatic heterocycles. The zero-order valence-corrected chi connectivity index (χ0v) is 18.2. The van der Waals surface area contributed by atoms with E-state index in [1.807, 2.05) is 0 Å². The van der Waals surface area contributed by atoms with E-state index in [2.05, 4.69) is 27.3 Å². The van der Waals surface area contributed by atoms with Gasteiger partial charge in [-0.2, -0.15) is 0 Å². The van der Waals surface area contributed by atoms with E-state index < -0.39 is 0 Å². The van der Waals surface area contributed by atoms with Crippen LogP contribution in [0.25, 0.3) is 0 Å². The van der Waals surface area contributed by atoms with Gasteiger partial charge in [0.25, 0.3) is 0 Å². The lowest BCUT2D eigenvalue weighted by Crippen LogP contribution is -2.46. The maximum Gasteiger partial charge on any atom is 0.136 e. The average molecular weight is 426 g/mol. The molecule has 0 bridgehead atoms. The van der Waals surface area contributed by atoms with Gasteiger partial charge < -0.3 is 10.2 Å². The Morgan fingerprint density at radius 3 is 2.50 bits per heavy atom. The number of halogens is 2. The first-order chi connectivity index (χ1) is 12.9.